The number of nitriles is 1. The minimum absolute atomic E-state index is 0.124. The van der Waals surface area contributed by atoms with Crippen molar-refractivity contribution in [3.8, 4) is 68.1 Å². The van der Waals surface area contributed by atoms with Crippen molar-refractivity contribution in [1.82, 2.24) is 14.1 Å². The maximum absolute atomic E-state index is 10.2. The highest BCUT2D eigenvalue weighted by molar-refractivity contribution is 6.09. The number of ether oxygens (including phenoxy) is 1. The van der Waals surface area contributed by atoms with E-state index in [4.69, 9.17) is 23.4 Å². The normalized spacial score (nSPS) is 13.7. The zero-order valence-electron chi connectivity index (χ0n) is 46.4. The summed E-state index contributed by atoms with van der Waals surface area (Å²) < 4.78 is 100. The molecule has 0 amide bonds. The SMILES string of the molecule is [2H]c1c([2H])c([2H])c(-c2cccc(-c3c([2H])c([2H])c([2H])c([2H])c3[2H])c2-[n+]2[c-]n(-c3cc(Oc4ccc5c6ccccc6n(-c6cc(C(C)(C)C)ccn6)c5c4)cc(-c4cccc(C#N)c4C)c3)c3ccccc32)c([2H])c1[2H]. The molecule has 0 aliphatic heterocycles. The molecule has 0 aliphatic carbocycles. The van der Waals surface area contributed by atoms with Crippen molar-refractivity contribution >= 4 is 32.8 Å². The standard InChI is InChI=1S/C60H45N5O/c1-40-43(38-61)21-15-23-49(40)44-33-46(36-48(34-44)66-47-29-30-53-52-22-11-12-26-54(52)65(57(53)37-47)58-35-45(31-32-62-58)60(2,3)4)63-39-64(56-28-14-13-27-55(56)63)59-50(41-17-7-5-8-18-41)24-16-25-51(59)42-19-9-6-10-20-42/h5-37H,1-4H3/i5D,6D,7D,8D,9D,10D,17D,18D,19D,20D. The van der Waals surface area contributed by atoms with Crippen LogP contribution in [0.3, 0.4) is 0 Å². The number of para-hydroxylation sites is 4. The Hall–Kier alpha value is -8.53. The molecule has 3 heterocycles. The van der Waals surface area contributed by atoms with Gasteiger partial charge in [-0.1, -0.05) is 154 Å². The van der Waals surface area contributed by atoms with E-state index in [9.17, 15) is 5.26 Å². The van der Waals surface area contributed by atoms with Crippen molar-refractivity contribution in [3.63, 3.8) is 0 Å². The highest BCUT2D eigenvalue weighted by Gasteiger charge is 2.22. The molecule has 3 aromatic heterocycles. The van der Waals surface area contributed by atoms with Crippen molar-refractivity contribution in [1.29, 1.82) is 5.26 Å². The summed E-state index contributed by atoms with van der Waals surface area (Å²) >= 11 is 0. The van der Waals surface area contributed by atoms with Crippen LogP contribution in [0.1, 0.15) is 51.2 Å². The molecular weight excluding hydrogens is 807 g/mol. The molecule has 0 spiro atoms. The van der Waals surface area contributed by atoms with Gasteiger partial charge in [0, 0.05) is 23.0 Å². The van der Waals surface area contributed by atoms with E-state index in [1.165, 1.54) is 0 Å². The van der Waals surface area contributed by atoms with E-state index >= 15 is 0 Å². The lowest BCUT2D eigenvalue weighted by Gasteiger charge is -2.20. The fourth-order valence-corrected chi connectivity index (χ4v) is 8.77. The highest BCUT2D eigenvalue weighted by atomic mass is 16.5. The van der Waals surface area contributed by atoms with Gasteiger partial charge in [0.2, 0.25) is 0 Å². The van der Waals surface area contributed by atoms with Gasteiger partial charge in [-0.3, -0.25) is 13.7 Å². The lowest BCUT2D eigenvalue weighted by Crippen LogP contribution is -2.31. The lowest BCUT2D eigenvalue weighted by molar-refractivity contribution is -0.571. The average Bonchev–Trinajstić information content (AvgIpc) is 4.01. The molecule has 11 aromatic rings. The molecule has 0 N–H and O–H groups in total. The molecule has 11 rings (SSSR count). The van der Waals surface area contributed by atoms with Gasteiger partial charge >= 0.3 is 0 Å². The van der Waals surface area contributed by atoms with Crippen LogP contribution in [-0.2, 0) is 5.41 Å². The van der Waals surface area contributed by atoms with Gasteiger partial charge in [0.05, 0.1) is 58.8 Å². The summed E-state index contributed by atoms with van der Waals surface area (Å²) in [6.45, 7) is 8.40. The van der Waals surface area contributed by atoms with E-state index in [0.717, 1.165) is 44.3 Å². The van der Waals surface area contributed by atoms with Gasteiger partial charge in [-0.2, -0.15) is 5.26 Å². The van der Waals surface area contributed by atoms with Crippen LogP contribution < -0.4 is 9.30 Å². The molecule has 6 nitrogen and oxygen atoms in total. The number of imidazole rings is 1. The average molecular weight is 862 g/mol. The third-order valence-electron chi connectivity index (χ3n) is 12.0. The third kappa shape index (κ3) is 7.08. The zero-order chi connectivity index (χ0) is 53.6. The van der Waals surface area contributed by atoms with Crippen molar-refractivity contribution < 1.29 is 23.0 Å². The van der Waals surface area contributed by atoms with E-state index in [1.54, 1.807) is 39.5 Å². The van der Waals surface area contributed by atoms with Crippen molar-refractivity contribution in [2.45, 2.75) is 33.1 Å². The second-order valence-corrected chi connectivity index (χ2v) is 17.1. The van der Waals surface area contributed by atoms with Gasteiger partial charge < -0.3 is 4.74 Å². The summed E-state index contributed by atoms with van der Waals surface area (Å²) in [5, 5.41) is 12.2. The Morgan fingerprint density at radius 1 is 0.636 bits per heavy atom. The fourth-order valence-electron chi connectivity index (χ4n) is 8.77. The van der Waals surface area contributed by atoms with Crippen molar-refractivity contribution in [2.24, 2.45) is 0 Å². The summed E-state index contributed by atoms with van der Waals surface area (Å²) in [5.74, 6) is 1.72. The van der Waals surface area contributed by atoms with E-state index in [2.05, 4.69) is 55.9 Å². The molecule has 66 heavy (non-hydrogen) atoms. The molecule has 0 bridgehead atoms. The van der Waals surface area contributed by atoms with Crippen LogP contribution in [0.5, 0.6) is 11.5 Å². The zero-order valence-corrected chi connectivity index (χ0v) is 36.4. The van der Waals surface area contributed by atoms with Crippen LogP contribution in [0.25, 0.3) is 83.4 Å². The van der Waals surface area contributed by atoms with Gasteiger partial charge in [0.25, 0.3) is 6.33 Å². The number of hydrogen-bond acceptors (Lipinski definition) is 3. The number of nitrogens with zero attached hydrogens (tertiary/aromatic N) is 5. The summed E-state index contributed by atoms with van der Waals surface area (Å²) in [7, 11) is 0. The quantitative estimate of drug-likeness (QED) is 0.113. The Balaban J connectivity index is 1.16. The predicted molar refractivity (Wildman–Crippen MR) is 267 cm³/mol. The van der Waals surface area contributed by atoms with Gasteiger partial charge in [-0.05, 0) is 111 Å². The molecule has 0 aliphatic rings. The number of pyridine rings is 1. The fraction of sp³-hybridized carbons (Fsp3) is 0.0833. The van der Waals surface area contributed by atoms with Gasteiger partial charge in [0.15, 0.2) is 0 Å². The predicted octanol–water partition coefficient (Wildman–Crippen LogP) is 14.5. The summed E-state index contributed by atoms with van der Waals surface area (Å²) in [6, 6.07) is 38.5. The lowest BCUT2D eigenvalue weighted by atomic mass is 9.88. The summed E-state index contributed by atoms with van der Waals surface area (Å²) in [6.07, 6.45) is 5.33. The first-order valence-corrected chi connectivity index (χ1v) is 21.4. The molecule has 0 saturated carbocycles. The third-order valence-corrected chi connectivity index (χ3v) is 12.0. The smallest absolute Gasteiger partial charge is 0.269 e. The van der Waals surface area contributed by atoms with Crippen LogP contribution in [0.2, 0.25) is 0 Å². The molecule has 8 aromatic carbocycles. The Morgan fingerprint density at radius 2 is 1.30 bits per heavy atom. The Kier molecular flexibility index (Phi) is 7.51. The number of rotatable bonds is 8. The van der Waals surface area contributed by atoms with Crippen molar-refractivity contribution in [3.05, 3.63) is 223 Å². The molecule has 0 unspecified atom stereocenters. The largest absolute Gasteiger partial charge is 0.458 e. The topological polar surface area (TPSA) is 59.6 Å². The number of aromatic nitrogens is 4. The molecule has 0 radical (unpaired) electrons. The monoisotopic (exact) mass is 861 g/mol. The molecule has 0 saturated heterocycles. The Morgan fingerprint density at radius 3 is 2.03 bits per heavy atom. The maximum atomic E-state index is 10.2. The number of benzene rings is 8. The first kappa shape index (κ1) is 30.5. The van der Waals surface area contributed by atoms with Crippen molar-refractivity contribution in [2.75, 3.05) is 0 Å². The Bertz CT molecular complexity index is 4160. The Labute approximate surface area is 398 Å². The van der Waals surface area contributed by atoms with E-state index in [-0.39, 0.29) is 33.4 Å². The first-order chi connectivity index (χ1) is 36.4. The van der Waals surface area contributed by atoms with Crippen LogP contribution in [-0.4, -0.2) is 14.1 Å². The first-order valence-electron chi connectivity index (χ1n) is 26.4. The molecular formula is C60H45N5O. The van der Waals surface area contributed by atoms with E-state index in [1.807, 2.05) is 98.0 Å². The van der Waals surface area contributed by atoms with E-state index < -0.39 is 60.4 Å². The van der Waals surface area contributed by atoms with Crippen LogP contribution >= 0.6 is 0 Å². The van der Waals surface area contributed by atoms with Gasteiger partial charge in [-0.15, -0.1) is 0 Å². The molecule has 0 atom stereocenters. The highest BCUT2D eigenvalue weighted by Crippen LogP contribution is 2.39. The second-order valence-electron chi connectivity index (χ2n) is 17.1. The maximum Gasteiger partial charge on any atom is 0.269 e. The van der Waals surface area contributed by atoms with Crippen LogP contribution in [0, 0.1) is 24.6 Å². The minimum Gasteiger partial charge on any atom is -0.458 e. The van der Waals surface area contributed by atoms with E-state index in [0.29, 0.717) is 39.3 Å². The van der Waals surface area contributed by atoms with Crippen LogP contribution in [0.15, 0.2) is 200 Å². The minimum atomic E-state index is -0.587. The van der Waals surface area contributed by atoms with Crippen LogP contribution in [0.4, 0.5) is 0 Å². The second kappa shape index (κ2) is 16.2. The van der Waals surface area contributed by atoms with Gasteiger partial charge in [-0.25, -0.2) is 4.98 Å². The van der Waals surface area contributed by atoms with Gasteiger partial charge in [0.1, 0.15) is 17.3 Å². The number of fused-ring (bicyclic) bond motifs is 4. The molecule has 316 valence electrons. The summed E-state index contributed by atoms with van der Waals surface area (Å²) in [4.78, 5) is 4.86. The summed E-state index contributed by atoms with van der Waals surface area (Å²) in [5.41, 5.74) is 7.31. The molecule has 6 heteroatoms. The molecule has 0 fully saturated rings. The number of hydrogen-bond donors (Lipinski definition) is 0.